The molecule has 10 heteroatoms. The van der Waals surface area contributed by atoms with Crippen molar-refractivity contribution in [2.75, 3.05) is 19.0 Å². The van der Waals surface area contributed by atoms with Gasteiger partial charge in [-0.25, -0.2) is 13.2 Å². The van der Waals surface area contributed by atoms with Crippen molar-refractivity contribution in [1.29, 1.82) is 0 Å². The number of sulfonamides is 1. The van der Waals surface area contributed by atoms with E-state index in [-0.39, 0.29) is 17.1 Å². The predicted molar refractivity (Wildman–Crippen MR) is 104 cm³/mol. The Morgan fingerprint density at radius 1 is 1.29 bits per heavy atom. The van der Waals surface area contributed by atoms with Crippen molar-refractivity contribution in [2.24, 2.45) is 7.05 Å². The van der Waals surface area contributed by atoms with Gasteiger partial charge in [0.1, 0.15) is 16.6 Å². The number of aryl methyl sites for hydroxylation is 1. The molecule has 1 aromatic carbocycles. The first-order valence-corrected chi connectivity index (χ1v) is 10.4. The minimum absolute atomic E-state index is 0.0575. The first kappa shape index (κ1) is 20.4. The van der Waals surface area contributed by atoms with Crippen LogP contribution in [0.2, 0.25) is 5.02 Å². The molecule has 0 spiro atoms. The number of carbonyl (C=O) groups excluding carboxylic acids is 2. The summed E-state index contributed by atoms with van der Waals surface area (Å²) in [5.74, 6) is -1.06. The summed E-state index contributed by atoms with van der Waals surface area (Å²) >= 11 is 5.93. The number of ether oxygens (including phenoxy) is 1. The number of aromatic nitrogens is 1. The van der Waals surface area contributed by atoms with E-state index in [0.29, 0.717) is 23.6 Å². The second kappa shape index (κ2) is 7.94. The molecular weight excluding hydrogens is 406 g/mol. The van der Waals surface area contributed by atoms with Gasteiger partial charge in [-0.1, -0.05) is 17.7 Å². The molecule has 28 heavy (non-hydrogen) atoms. The highest BCUT2D eigenvalue weighted by Gasteiger charge is 2.40. The van der Waals surface area contributed by atoms with E-state index in [2.05, 4.69) is 10.1 Å². The highest BCUT2D eigenvalue weighted by Crippen LogP contribution is 2.28. The lowest BCUT2D eigenvalue weighted by Crippen LogP contribution is -2.43. The number of anilines is 1. The third-order valence-electron chi connectivity index (χ3n) is 4.58. The van der Waals surface area contributed by atoms with Gasteiger partial charge in [-0.05, 0) is 37.1 Å². The van der Waals surface area contributed by atoms with Crippen LogP contribution in [0.25, 0.3) is 0 Å². The van der Waals surface area contributed by atoms with E-state index < -0.39 is 27.9 Å². The number of nitrogens with one attached hydrogen (secondary N) is 1. The Balaban J connectivity index is 1.85. The number of nitrogens with zero attached hydrogens (tertiary/aromatic N) is 2. The minimum atomic E-state index is -3.96. The Kier molecular flexibility index (Phi) is 5.78. The number of hydrogen-bond acceptors (Lipinski definition) is 5. The van der Waals surface area contributed by atoms with Crippen LogP contribution >= 0.6 is 11.6 Å². The fourth-order valence-corrected chi connectivity index (χ4v) is 5.12. The topological polar surface area (TPSA) is 97.7 Å². The molecule has 1 N–H and O–H groups in total. The van der Waals surface area contributed by atoms with Gasteiger partial charge in [-0.15, -0.1) is 0 Å². The molecule has 2 aromatic rings. The molecule has 1 amide bonds. The molecule has 8 nitrogen and oxygen atoms in total. The van der Waals surface area contributed by atoms with Gasteiger partial charge in [0.15, 0.2) is 0 Å². The molecule has 0 bridgehead atoms. The zero-order valence-corrected chi connectivity index (χ0v) is 17.0. The van der Waals surface area contributed by atoms with Crippen LogP contribution in [0.3, 0.4) is 0 Å². The maximum absolute atomic E-state index is 13.1. The number of rotatable bonds is 5. The first-order chi connectivity index (χ1) is 13.2. The average Bonchev–Trinajstić information content (AvgIpc) is 3.28. The third-order valence-corrected chi connectivity index (χ3v) is 6.69. The molecular formula is C18H20ClN3O5S. The van der Waals surface area contributed by atoms with Gasteiger partial charge in [0.05, 0.1) is 7.11 Å². The lowest BCUT2D eigenvalue weighted by Gasteiger charge is -2.23. The van der Waals surface area contributed by atoms with Crippen LogP contribution in [0, 0.1) is 0 Å². The Morgan fingerprint density at radius 3 is 2.71 bits per heavy atom. The van der Waals surface area contributed by atoms with Crippen LogP contribution in [0.4, 0.5) is 5.69 Å². The maximum Gasteiger partial charge on any atom is 0.354 e. The van der Waals surface area contributed by atoms with Gasteiger partial charge >= 0.3 is 5.97 Å². The number of methoxy groups -OCH3 is 1. The van der Waals surface area contributed by atoms with Crippen molar-refractivity contribution in [3.05, 3.63) is 47.2 Å². The van der Waals surface area contributed by atoms with Gasteiger partial charge in [-0.3, -0.25) is 4.79 Å². The highest BCUT2D eigenvalue weighted by atomic mass is 35.5. The fourth-order valence-electron chi connectivity index (χ4n) is 3.20. The van der Waals surface area contributed by atoms with Crippen molar-refractivity contribution in [1.82, 2.24) is 8.87 Å². The largest absolute Gasteiger partial charge is 0.464 e. The van der Waals surface area contributed by atoms with Crippen LogP contribution in [0.15, 0.2) is 41.4 Å². The summed E-state index contributed by atoms with van der Waals surface area (Å²) in [6.07, 6.45) is 2.30. The normalized spacial score (nSPS) is 17.5. The predicted octanol–water partition coefficient (Wildman–Crippen LogP) is 2.26. The van der Waals surface area contributed by atoms with E-state index in [9.17, 15) is 18.0 Å². The van der Waals surface area contributed by atoms with Crippen molar-refractivity contribution in [2.45, 2.75) is 23.8 Å². The van der Waals surface area contributed by atoms with Gasteiger partial charge in [0, 0.05) is 30.5 Å². The van der Waals surface area contributed by atoms with Crippen LogP contribution < -0.4 is 5.32 Å². The standard InChI is InChI=1S/C18H20ClN3O5S/c1-21-11-14(10-16(21)18(24)27-2)28(25,26)22-8-4-7-15(22)17(23)20-13-6-3-5-12(19)9-13/h3,5-6,9-11,15H,4,7-8H2,1-2H3,(H,20,23). The van der Waals surface area contributed by atoms with E-state index >= 15 is 0 Å². The highest BCUT2D eigenvalue weighted by molar-refractivity contribution is 7.89. The number of halogens is 1. The van der Waals surface area contributed by atoms with E-state index in [1.54, 1.807) is 31.3 Å². The van der Waals surface area contributed by atoms with Crippen molar-refractivity contribution in [3.63, 3.8) is 0 Å². The molecule has 1 atom stereocenters. The smallest absolute Gasteiger partial charge is 0.354 e. The quantitative estimate of drug-likeness (QED) is 0.741. The second-order valence-corrected chi connectivity index (χ2v) is 8.76. The summed E-state index contributed by atoms with van der Waals surface area (Å²) in [5, 5.41) is 3.18. The van der Waals surface area contributed by atoms with E-state index in [1.807, 2.05) is 0 Å². The first-order valence-electron chi connectivity index (χ1n) is 8.57. The molecule has 1 aliphatic heterocycles. The molecule has 1 aromatic heterocycles. The van der Waals surface area contributed by atoms with Crippen molar-refractivity contribution >= 4 is 39.2 Å². The zero-order valence-electron chi connectivity index (χ0n) is 15.4. The summed E-state index contributed by atoms with van der Waals surface area (Å²) in [5.41, 5.74) is 0.606. The lowest BCUT2D eigenvalue weighted by molar-refractivity contribution is -0.119. The zero-order chi connectivity index (χ0) is 20.5. The number of esters is 1. The molecule has 150 valence electrons. The maximum atomic E-state index is 13.1. The molecule has 0 radical (unpaired) electrons. The molecule has 0 aliphatic carbocycles. The van der Waals surface area contributed by atoms with Crippen LogP contribution in [0.5, 0.6) is 0 Å². The summed E-state index contributed by atoms with van der Waals surface area (Å²) < 4.78 is 33.4. The minimum Gasteiger partial charge on any atom is -0.464 e. The second-order valence-electron chi connectivity index (χ2n) is 6.44. The van der Waals surface area contributed by atoms with Gasteiger partial charge < -0.3 is 14.6 Å². The Labute approximate surface area is 168 Å². The lowest BCUT2D eigenvalue weighted by atomic mass is 10.2. The van der Waals surface area contributed by atoms with Crippen LogP contribution in [-0.4, -0.2) is 48.9 Å². The van der Waals surface area contributed by atoms with Gasteiger partial charge in [0.25, 0.3) is 0 Å². The van der Waals surface area contributed by atoms with E-state index in [1.165, 1.54) is 28.2 Å². The summed E-state index contributed by atoms with van der Waals surface area (Å²) in [6.45, 7) is 0.221. The molecule has 1 aliphatic rings. The number of amides is 1. The summed E-state index contributed by atoms with van der Waals surface area (Å²) in [4.78, 5) is 24.4. The molecule has 0 saturated carbocycles. The number of benzene rings is 1. The molecule has 1 unspecified atom stereocenters. The van der Waals surface area contributed by atoms with Crippen molar-refractivity contribution in [3.8, 4) is 0 Å². The summed E-state index contributed by atoms with van der Waals surface area (Å²) in [7, 11) is -1.18. The van der Waals surface area contributed by atoms with E-state index in [4.69, 9.17) is 11.6 Å². The van der Waals surface area contributed by atoms with Crippen molar-refractivity contribution < 1.29 is 22.7 Å². The number of hydrogen-bond donors (Lipinski definition) is 1. The monoisotopic (exact) mass is 425 g/mol. The van der Waals surface area contributed by atoms with Gasteiger partial charge in [-0.2, -0.15) is 4.31 Å². The third kappa shape index (κ3) is 3.91. The van der Waals surface area contributed by atoms with Crippen LogP contribution in [0.1, 0.15) is 23.3 Å². The molecule has 1 saturated heterocycles. The van der Waals surface area contributed by atoms with Crippen LogP contribution in [-0.2, 0) is 26.6 Å². The Bertz CT molecular complexity index is 1020. The van der Waals surface area contributed by atoms with E-state index in [0.717, 1.165) is 0 Å². The Hall–Kier alpha value is -2.36. The molecule has 2 heterocycles. The number of carbonyl (C=O) groups is 2. The molecule has 3 rings (SSSR count). The molecule has 1 fully saturated rings. The SMILES string of the molecule is COC(=O)c1cc(S(=O)(=O)N2CCCC2C(=O)Nc2cccc(Cl)c2)cn1C. The summed E-state index contributed by atoms with van der Waals surface area (Å²) in [6, 6.07) is 7.05. The van der Waals surface area contributed by atoms with Gasteiger partial charge in [0.2, 0.25) is 15.9 Å². The average molecular weight is 426 g/mol. The Morgan fingerprint density at radius 2 is 2.04 bits per heavy atom. The fraction of sp³-hybridized carbons (Fsp3) is 0.333.